The average molecular weight is 217 g/mol. The van der Waals surface area contributed by atoms with Gasteiger partial charge in [0.05, 0.1) is 6.61 Å². The van der Waals surface area contributed by atoms with Gasteiger partial charge >= 0.3 is 0 Å². The summed E-state index contributed by atoms with van der Waals surface area (Å²) < 4.78 is 10.2. The van der Waals surface area contributed by atoms with Gasteiger partial charge in [0.2, 0.25) is 0 Å². The van der Waals surface area contributed by atoms with Crippen molar-refractivity contribution in [1.29, 1.82) is 0 Å². The van der Waals surface area contributed by atoms with Crippen LogP contribution in [0.5, 0.6) is 0 Å². The molecule has 0 aromatic rings. The molecule has 6 nitrogen and oxygen atoms in total. The van der Waals surface area contributed by atoms with Crippen LogP contribution in [-0.2, 0) is 9.47 Å². The maximum atomic E-state index is 9.47. The van der Waals surface area contributed by atoms with Crippen molar-refractivity contribution in [2.24, 2.45) is 4.99 Å². The molecule has 0 aromatic carbocycles. The molecule has 0 saturated heterocycles. The van der Waals surface area contributed by atoms with E-state index >= 15 is 0 Å². The monoisotopic (exact) mass is 217 g/mol. The molecule has 2 unspecified atom stereocenters. The summed E-state index contributed by atoms with van der Waals surface area (Å²) in [6.07, 6.45) is -1.65. The van der Waals surface area contributed by atoms with Crippen LogP contribution in [0.2, 0.25) is 0 Å². The Morgan fingerprint density at radius 1 is 1.60 bits per heavy atom. The van der Waals surface area contributed by atoms with E-state index in [4.69, 9.17) is 14.6 Å². The Labute approximate surface area is 87.5 Å². The van der Waals surface area contributed by atoms with Crippen molar-refractivity contribution >= 4 is 6.72 Å². The Hall–Kier alpha value is -1.11. The highest BCUT2D eigenvalue weighted by Gasteiger charge is 2.33. The van der Waals surface area contributed by atoms with E-state index in [1.165, 1.54) is 7.11 Å². The quantitative estimate of drug-likeness (QED) is 0.585. The zero-order valence-corrected chi connectivity index (χ0v) is 8.46. The van der Waals surface area contributed by atoms with Crippen molar-refractivity contribution in [2.45, 2.75) is 24.9 Å². The lowest BCUT2D eigenvalue weighted by molar-refractivity contribution is -0.166. The highest BCUT2D eigenvalue weighted by Crippen LogP contribution is 2.24. The number of nitrogens with zero attached hydrogens (tertiary/aromatic N) is 1. The molecule has 3 atom stereocenters. The first-order chi connectivity index (χ1) is 7.13. The Kier molecular flexibility index (Phi) is 4.07. The van der Waals surface area contributed by atoms with E-state index in [1.807, 2.05) is 0 Å². The fourth-order valence-corrected chi connectivity index (χ4v) is 1.39. The van der Waals surface area contributed by atoms with Gasteiger partial charge < -0.3 is 24.8 Å². The summed E-state index contributed by atoms with van der Waals surface area (Å²) in [5.74, 6) is -0.642. The number of hydrogen-bond donors (Lipinski definition) is 3. The second-order valence-corrected chi connectivity index (χ2v) is 3.20. The number of aliphatic hydroxyl groups is 3. The molecule has 3 N–H and O–H groups in total. The summed E-state index contributed by atoms with van der Waals surface area (Å²) in [4.78, 5) is 3.73. The lowest BCUT2D eigenvalue weighted by atomic mass is 10.1. The smallest absolute Gasteiger partial charge is 0.180 e. The minimum absolute atomic E-state index is 0.0738. The molecule has 1 heterocycles. The van der Waals surface area contributed by atoms with Crippen LogP contribution in [0.1, 0.15) is 6.42 Å². The number of ether oxygens (including phenoxy) is 2. The topological polar surface area (TPSA) is 91.5 Å². The average Bonchev–Trinajstić information content (AvgIpc) is 2.37. The molecule has 15 heavy (non-hydrogen) atoms. The maximum Gasteiger partial charge on any atom is 0.180 e. The molecule has 0 bridgehead atoms. The van der Waals surface area contributed by atoms with Crippen LogP contribution in [0.3, 0.4) is 0 Å². The van der Waals surface area contributed by atoms with Crippen LogP contribution < -0.4 is 0 Å². The zero-order valence-electron chi connectivity index (χ0n) is 8.46. The van der Waals surface area contributed by atoms with Crippen molar-refractivity contribution in [3.8, 4) is 0 Å². The second kappa shape index (κ2) is 5.11. The molecule has 6 heteroatoms. The summed E-state index contributed by atoms with van der Waals surface area (Å²) in [7, 11) is 1.41. The number of hydrogen-bond acceptors (Lipinski definition) is 6. The lowest BCUT2D eigenvalue weighted by Crippen LogP contribution is -2.33. The molecular weight excluding hydrogens is 202 g/mol. The predicted molar refractivity (Wildman–Crippen MR) is 53.0 cm³/mol. The Balaban J connectivity index is 2.91. The van der Waals surface area contributed by atoms with Gasteiger partial charge in [-0.3, -0.25) is 4.99 Å². The van der Waals surface area contributed by atoms with Crippen LogP contribution in [0, 0.1) is 0 Å². The van der Waals surface area contributed by atoms with Crippen LogP contribution in [0.4, 0.5) is 0 Å². The van der Waals surface area contributed by atoms with Crippen LogP contribution >= 0.6 is 0 Å². The molecule has 1 aliphatic rings. The highest BCUT2D eigenvalue weighted by molar-refractivity contribution is 5.25. The molecule has 0 radical (unpaired) electrons. The van der Waals surface area contributed by atoms with E-state index in [9.17, 15) is 10.2 Å². The predicted octanol–water partition coefficient (Wildman–Crippen LogP) is 0.137. The van der Waals surface area contributed by atoms with E-state index in [-0.39, 0.29) is 17.9 Å². The van der Waals surface area contributed by atoms with Gasteiger partial charge in [-0.25, -0.2) is 0 Å². The van der Waals surface area contributed by atoms with Crippen LogP contribution in [0.15, 0.2) is 16.5 Å². The summed E-state index contributed by atoms with van der Waals surface area (Å²) in [6, 6.07) is -0.506. The summed E-state index contributed by atoms with van der Waals surface area (Å²) in [6.45, 7) is 2.90. The third-order valence-electron chi connectivity index (χ3n) is 2.25. The standard InChI is InChI=1S/C9H15NO5/c1-10-5-3-6(12)8(13)7(4-11)15-9(5)14-2/h5,7,9,11-13H,1,3-4H2,2H3/t5?,7?,9-/m0/s1. The van der Waals surface area contributed by atoms with E-state index in [2.05, 4.69) is 11.7 Å². The van der Waals surface area contributed by atoms with Crippen molar-refractivity contribution in [2.75, 3.05) is 13.7 Å². The van der Waals surface area contributed by atoms with Gasteiger partial charge in [-0.05, 0) is 6.72 Å². The van der Waals surface area contributed by atoms with Gasteiger partial charge in [0.25, 0.3) is 0 Å². The van der Waals surface area contributed by atoms with Gasteiger partial charge in [-0.15, -0.1) is 0 Å². The normalized spacial score (nSPS) is 32.5. The van der Waals surface area contributed by atoms with Gasteiger partial charge in [0.15, 0.2) is 12.0 Å². The Bertz CT molecular complexity index is 265. The minimum atomic E-state index is -0.985. The third-order valence-corrected chi connectivity index (χ3v) is 2.25. The van der Waals surface area contributed by atoms with E-state index in [0.717, 1.165) is 0 Å². The largest absolute Gasteiger partial charge is 0.509 e. The molecule has 0 fully saturated rings. The third kappa shape index (κ3) is 2.47. The fraction of sp³-hybridized carbons (Fsp3) is 0.667. The van der Waals surface area contributed by atoms with E-state index < -0.39 is 25.0 Å². The number of methoxy groups -OCH3 is 1. The SMILES string of the molecule is C=NC1CC(O)=C(O)C(CO)O[C@@H]1OC. The van der Waals surface area contributed by atoms with Gasteiger partial charge in [-0.1, -0.05) is 0 Å². The van der Waals surface area contributed by atoms with E-state index in [1.54, 1.807) is 0 Å². The molecule has 0 spiro atoms. The summed E-state index contributed by atoms with van der Waals surface area (Å²) in [5, 5.41) is 27.9. The number of rotatable bonds is 3. The molecule has 0 amide bonds. The van der Waals surface area contributed by atoms with Gasteiger partial charge in [0, 0.05) is 13.5 Å². The first-order valence-electron chi connectivity index (χ1n) is 4.50. The molecule has 0 aliphatic carbocycles. The minimum Gasteiger partial charge on any atom is -0.509 e. The van der Waals surface area contributed by atoms with Crippen molar-refractivity contribution in [3.05, 3.63) is 11.5 Å². The fourth-order valence-electron chi connectivity index (χ4n) is 1.39. The zero-order chi connectivity index (χ0) is 11.4. The van der Waals surface area contributed by atoms with Crippen molar-refractivity contribution in [1.82, 2.24) is 0 Å². The first-order valence-corrected chi connectivity index (χ1v) is 4.50. The Morgan fingerprint density at radius 2 is 2.27 bits per heavy atom. The lowest BCUT2D eigenvalue weighted by Gasteiger charge is -2.22. The molecule has 86 valence electrons. The summed E-state index contributed by atoms with van der Waals surface area (Å²) in [5.41, 5.74) is 0. The molecular formula is C9H15NO5. The van der Waals surface area contributed by atoms with Gasteiger partial charge in [-0.2, -0.15) is 0 Å². The molecule has 0 saturated carbocycles. The Morgan fingerprint density at radius 3 is 2.73 bits per heavy atom. The van der Waals surface area contributed by atoms with Crippen molar-refractivity contribution < 1.29 is 24.8 Å². The maximum absolute atomic E-state index is 9.47. The number of aliphatic imine (C=N–C) groups is 1. The first kappa shape index (κ1) is 12.0. The second-order valence-electron chi connectivity index (χ2n) is 3.20. The van der Waals surface area contributed by atoms with Crippen LogP contribution in [0.25, 0.3) is 0 Å². The molecule has 1 rings (SSSR count). The van der Waals surface area contributed by atoms with E-state index in [0.29, 0.717) is 0 Å². The van der Waals surface area contributed by atoms with Gasteiger partial charge in [0.1, 0.15) is 17.9 Å². The highest BCUT2D eigenvalue weighted by atomic mass is 16.7. The molecule has 1 aliphatic heterocycles. The number of aliphatic hydroxyl groups excluding tert-OH is 3. The van der Waals surface area contributed by atoms with Crippen LogP contribution in [-0.4, -0.2) is 54.2 Å². The molecule has 0 aromatic heterocycles. The van der Waals surface area contributed by atoms with Crippen molar-refractivity contribution in [3.63, 3.8) is 0 Å². The summed E-state index contributed by atoms with van der Waals surface area (Å²) >= 11 is 0.